The summed E-state index contributed by atoms with van der Waals surface area (Å²) in [6, 6.07) is 20.0. The Morgan fingerprint density at radius 1 is 1.06 bits per heavy atom. The van der Waals surface area contributed by atoms with E-state index in [0.29, 0.717) is 24.4 Å². The maximum absolute atomic E-state index is 13.8. The molecule has 1 aliphatic heterocycles. The fourth-order valence-electron chi connectivity index (χ4n) is 4.94. The number of fused-ring (bicyclic) bond motifs is 1. The Kier molecular flexibility index (Phi) is 7.35. The van der Waals surface area contributed by atoms with Gasteiger partial charge in [-0.05, 0) is 49.9 Å². The van der Waals surface area contributed by atoms with Gasteiger partial charge in [0.2, 0.25) is 5.91 Å². The molecule has 1 N–H and O–H groups in total. The second-order valence-corrected chi connectivity index (χ2v) is 9.90. The monoisotopic (exact) mass is 488 g/mol. The predicted octanol–water partition coefficient (Wildman–Crippen LogP) is 4.04. The molecule has 1 aromatic heterocycles. The van der Waals surface area contributed by atoms with Gasteiger partial charge in [0.05, 0.1) is 23.5 Å². The summed E-state index contributed by atoms with van der Waals surface area (Å²) in [6.07, 6.45) is 5.80. The molecule has 1 fully saturated rings. The topological polar surface area (TPSA) is 67.2 Å². The minimum atomic E-state index is -0.595. The number of carbonyl (C=O) groups excluding carboxylic acids is 1. The smallest absolute Gasteiger partial charge is 0.264 e. The normalized spacial score (nSPS) is 17.6. The summed E-state index contributed by atoms with van der Waals surface area (Å²) in [4.78, 5) is 33.5. The van der Waals surface area contributed by atoms with Gasteiger partial charge in [-0.25, -0.2) is 4.98 Å². The number of amides is 1. The van der Waals surface area contributed by atoms with Crippen LogP contribution in [-0.2, 0) is 17.6 Å². The number of rotatable bonds is 8. The molecule has 5 rings (SSSR count). The second kappa shape index (κ2) is 10.8. The lowest BCUT2D eigenvalue weighted by atomic mass is 9.84. The molecule has 1 aliphatic carbocycles. The van der Waals surface area contributed by atoms with Gasteiger partial charge in [-0.3, -0.25) is 14.2 Å². The number of carbonyl (C=O) groups is 1. The lowest BCUT2D eigenvalue weighted by Gasteiger charge is -2.35. The highest BCUT2D eigenvalue weighted by Gasteiger charge is 2.35. The van der Waals surface area contributed by atoms with Crippen LogP contribution in [0, 0.1) is 0 Å². The third kappa shape index (κ3) is 5.07. The number of para-hydroxylation sites is 1. The van der Waals surface area contributed by atoms with Crippen molar-refractivity contribution in [3.63, 3.8) is 0 Å². The lowest BCUT2D eigenvalue weighted by molar-refractivity contribution is -0.131. The number of benzene rings is 2. The van der Waals surface area contributed by atoms with E-state index in [1.54, 1.807) is 9.47 Å². The molecule has 0 radical (unpaired) electrons. The minimum absolute atomic E-state index is 0.0379. The van der Waals surface area contributed by atoms with E-state index in [1.807, 2.05) is 48.5 Å². The van der Waals surface area contributed by atoms with Crippen LogP contribution in [0.3, 0.4) is 0 Å². The van der Waals surface area contributed by atoms with Gasteiger partial charge in [-0.15, -0.1) is 12.6 Å². The van der Waals surface area contributed by atoms with Gasteiger partial charge in [0.25, 0.3) is 5.56 Å². The molecular weight excluding hydrogens is 456 g/mol. The van der Waals surface area contributed by atoms with Gasteiger partial charge in [0.1, 0.15) is 11.2 Å². The molecule has 7 heteroatoms. The number of hydrogen-bond acceptors (Lipinski definition) is 5. The molecule has 3 aromatic rings. The zero-order valence-electron chi connectivity index (χ0n) is 19.9. The zero-order valence-corrected chi connectivity index (χ0v) is 20.8. The molecule has 2 aliphatic rings. The van der Waals surface area contributed by atoms with E-state index in [-0.39, 0.29) is 18.0 Å². The molecular formula is C28H32N4O2S. The van der Waals surface area contributed by atoms with Crippen molar-refractivity contribution in [2.45, 2.75) is 49.8 Å². The van der Waals surface area contributed by atoms with Crippen LogP contribution in [0.1, 0.15) is 59.6 Å². The van der Waals surface area contributed by atoms with E-state index in [0.717, 1.165) is 49.4 Å². The average Bonchev–Trinajstić information content (AvgIpc) is 2.84. The first kappa shape index (κ1) is 23.8. The molecule has 0 spiro atoms. The number of aryl methyl sites for hydroxylation is 1. The average molecular weight is 489 g/mol. The van der Waals surface area contributed by atoms with E-state index >= 15 is 0 Å². The van der Waals surface area contributed by atoms with Crippen LogP contribution < -0.4 is 10.9 Å². The van der Waals surface area contributed by atoms with Crippen molar-refractivity contribution in [3.8, 4) is 5.69 Å². The van der Waals surface area contributed by atoms with E-state index in [1.165, 1.54) is 12.0 Å². The largest absolute Gasteiger partial charge is 0.325 e. The standard InChI is InChI=1S/C28H32N4O2S/c33-24(19-29-17-8-11-20-9-3-1-4-10-20)31-18-16-23-25(28(31)35)27(34)32(22-14-5-2-6-15-22)26(30-23)21-12-7-13-21/h1-6,9-10,14-15,21,28-29,35H,7-8,11-13,16-19H2. The van der Waals surface area contributed by atoms with Crippen molar-refractivity contribution < 1.29 is 4.79 Å². The van der Waals surface area contributed by atoms with Crippen LogP contribution >= 0.6 is 12.6 Å². The van der Waals surface area contributed by atoms with Crippen LogP contribution in [0.25, 0.3) is 5.69 Å². The summed E-state index contributed by atoms with van der Waals surface area (Å²) in [5, 5.41) is 2.67. The van der Waals surface area contributed by atoms with Gasteiger partial charge < -0.3 is 10.2 Å². The first-order valence-electron chi connectivity index (χ1n) is 12.6. The number of nitrogens with one attached hydrogen (secondary N) is 1. The maximum Gasteiger partial charge on any atom is 0.264 e. The van der Waals surface area contributed by atoms with Crippen LogP contribution in [-0.4, -0.2) is 40.0 Å². The Morgan fingerprint density at radius 3 is 2.46 bits per heavy atom. The molecule has 1 atom stereocenters. The summed E-state index contributed by atoms with van der Waals surface area (Å²) in [5.41, 5.74) is 3.34. The van der Waals surface area contributed by atoms with Crippen LogP contribution in [0.5, 0.6) is 0 Å². The number of thiol groups is 1. The predicted molar refractivity (Wildman–Crippen MR) is 141 cm³/mol. The maximum atomic E-state index is 13.8. The lowest BCUT2D eigenvalue weighted by Crippen LogP contribution is -2.46. The highest BCUT2D eigenvalue weighted by molar-refractivity contribution is 7.80. The fourth-order valence-corrected chi connectivity index (χ4v) is 5.44. The molecule has 1 unspecified atom stereocenters. The highest BCUT2D eigenvalue weighted by atomic mass is 32.1. The molecule has 35 heavy (non-hydrogen) atoms. The van der Waals surface area contributed by atoms with Crippen molar-refractivity contribution in [2.24, 2.45) is 0 Å². The van der Waals surface area contributed by atoms with Gasteiger partial charge in [-0.2, -0.15) is 0 Å². The van der Waals surface area contributed by atoms with E-state index in [4.69, 9.17) is 17.6 Å². The molecule has 2 aromatic carbocycles. The highest BCUT2D eigenvalue weighted by Crippen LogP contribution is 2.37. The van der Waals surface area contributed by atoms with E-state index < -0.39 is 5.37 Å². The zero-order chi connectivity index (χ0) is 24.2. The minimum Gasteiger partial charge on any atom is -0.325 e. The van der Waals surface area contributed by atoms with Crippen molar-refractivity contribution in [1.82, 2.24) is 19.8 Å². The first-order valence-corrected chi connectivity index (χ1v) is 13.1. The Labute approximate surface area is 211 Å². The number of nitrogens with zero attached hydrogens (tertiary/aromatic N) is 3. The third-order valence-electron chi connectivity index (χ3n) is 7.11. The Morgan fingerprint density at radius 2 is 1.77 bits per heavy atom. The molecule has 2 heterocycles. The molecule has 0 saturated heterocycles. The summed E-state index contributed by atoms with van der Waals surface area (Å²) in [7, 11) is 0. The molecule has 1 amide bonds. The third-order valence-corrected chi connectivity index (χ3v) is 7.65. The molecule has 6 nitrogen and oxygen atoms in total. The van der Waals surface area contributed by atoms with E-state index in [9.17, 15) is 9.59 Å². The number of hydrogen-bond donors (Lipinski definition) is 2. The summed E-state index contributed by atoms with van der Waals surface area (Å²) >= 11 is 4.76. The van der Waals surface area contributed by atoms with Crippen molar-refractivity contribution in [3.05, 3.63) is 93.7 Å². The molecule has 0 bridgehead atoms. The van der Waals surface area contributed by atoms with Crippen molar-refractivity contribution in [2.75, 3.05) is 19.6 Å². The first-order chi connectivity index (χ1) is 17.1. The summed E-state index contributed by atoms with van der Waals surface area (Å²) in [5.74, 6) is 1.13. The summed E-state index contributed by atoms with van der Waals surface area (Å²) in [6.45, 7) is 1.52. The second-order valence-electron chi connectivity index (χ2n) is 9.41. The summed E-state index contributed by atoms with van der Waals surface area (Å²) < 4.78 is 1.75. The Bertz CT molecular complexity index is 1220. The Hall–Kier alpha value is -2.90. The van der Waals surface area contributed by atoms with Crippen molar-refractivity contribution in [1.29, 1.82) is 0 Å². The van der Waals surface area contributed by atoms with Crippen LogP contribution in [0.2, 0.25) is 0 Å². The van der Waals surface area contributed by atoms with Gasteiger partial charge in [-0.1, -0.05) is 55.0 Å². The quantitative estimate of drug-likeness (QED) is 0.371. The van der Waals surface area contributed by atoms with Gasteiger partial charge >= 0.3 is 0 Å². The van der Waals surface area contributed by atoms with Gasteiger partial charge in [0, 0.05) is 18.9 Å². The fraction of sp³-hybridized carbons (Fsp3) is 0.393. The number of aromatic nitrogens is 2. The Balaban J connectivity index is 1.30. The molecule has 1 saturated carbocycles. The van der Waals surface area contributed by atoms with E-state index in [2.05, 4.69) is 17.4 Å². The molecule has 182 valence electrons. The van der Waals surface area contributed by atoms with Gasteiger partial charge in [0.15, 0.2) is 0 Å². The SMILES string of the molecule is O=C(CNCCCc1ccccc1)N1CCc2nc(C3CCC3)n(-c3ccccc3)c(=O)c2C1S. The van der Waals surface area contributed by atoms with Crippen LogP contribution in [0.4, 0.5) is 0 Å². The van der Waals surface area contributed by atoms with Crippen molar-refractivity contribution >= 4 is 18.5 Å². The van der Waals surface area contributed by atoms with Crippen LogP contribution in [0.15, 0.2) is 65.5 Å².